The molecule has 6 nitrogen and oxygen atoms in total. The van der Waals surface area contributed by atoms with Gasteiger partial charge in [-0.3, -0.25) is 0 Å². The molecule has 1 unspecified atom stereocenters. The summed E-state index contributed by atoms with van der Waals surface area (Å²) in [5.41, 5.74) is 14.2. The normalized spacial score (nSPS) is 13.0. The van der Waals surface area contributed by atoms with Crippen molar-refractivity contribution in [3.8, 4) is 0 Å². The van der Waals surface area contributed by atoms with Crippen molar-refractivity contribution < 1.29 is 0 Å². The summed E-state index contributed by atoms with van der Waals surface area (Å²) in [4.78, 5) is 0. The molecule has 0 aromatic carbocycles. The number of likely N-dealkylation sites (N-methyl/N-ethyl adjacent to an activating group) is 1. The first-order valence-corrected chi connectivity index (χ1v) is 12.7. The highest BCUT2D eigenvalue weighted by atomic mass is 14.9. The summed E-state index contributed by atoms with van der Waals surface area (Å²) < 4.78 is 0. The van der Waals surface area contributed by atoms with Crippen LogP contribution in [-0.4, -0.2) is 65.4 Å². The summed E-state index contributed by atoms with van der Waals surface area (Å²) >= 11 is 0. The van der Waals surface area contributed by atoms with E-state index in [1.807, 2.05) is 0 Å². The SMILES string of the molecule is C=C(C)CCC(CCCN)CC/C(=C\CCNCCNCCN)CCNCCNCC. The maximum absolute atomic E-state index is 5.78. The Morgan fingerprint density at radius 1 is 0.774 bits per heavy atom. The van der Waals surface area contributed by atoms with Crippen LogP contribution in [0.5, 0.6) is 0 Å². The van der Waals surface area contributed by atoms with Gasteiger partial charge in [-0.1, -0.05) is 24.1 Å². The van der Waals surface area contributed by atoms with Crippen molar-refractivity contribution in [1.29, 1.82) is 0 Å². The molecule has 1 atom stereocenters. The fraction of sp³-hybridized carbons (Fsp3) is 0.840. The number of hydrogen-bond donors (Lipinski definition) is 6. The predicted octanol–water partition coefficient (Wildman–Crippen LogP) is 2.52. The Morgan fingerprint density at radius 3 is 2.06 bits per heavy atom. The van der Waals surface area contributed by atoms with Crippen LogP contribution < -0.4 is 32.7 Å². The highest BCUT2D eigenvalue weighted by Gasteiger charge is 2.10. The zero-order valence-electron chi connectivity index (χ0n) is 20.7. The molecule has 0 spiro atoms. The topological polar surface area (TPSA) is 100 Å². The molecule has 0 fully saturated rings. The first-order valence-electron chi connectivity index (χ1n) is 12.7. The lowest BCUT2D eigenvalue weighted by atomic mass is 9.89. The molecule has 6 heteroatoms. The van der Waals surface area contributed by atoms with E-state index >= 15 is 0 Å². The molecule has 31 heavy (non-hydrogen) atoms. The summed E-state index contributed by atoms with van der Waals surface area (Å²) in [6.07, 6.45) is 12.0. The van der Waals surface area contributed by atoms with E-state index < -0.39 is 0 Å². The number of nitrogens with one attached hydrogen (secondary N) is 4. The smallest absolute Gasteiger partial charge is 0.00772 e. The molecule has 0 aromatic rings. The molecule has 0 radical (unpaired) electrons. The van der Waals surface area contributed by atoms with Gasteiger partial charge in [0, 0.05) is 39.3 Å². The average molecular weight is 439 g/mol. The third-order valence-corrected chi connectivity index (χ3v) is 5.57. The zero-order valence-corrected chi connectivity index (χ0v) is 20.7. The van der Waals surface area contributed by atoms with Crippen LogP contribution >= 0.6 is 0 Å². The number of hydrogen-bond acceptors (Lipinski definition) is 6. The average Bonchev–Trinajstić information content (AvgIpc) is 2.76. The van der Waals surface area contributed by atoms with E-state index in [1.54, 1.807) is 5.57 Å². The van der Waals surface area contributed by atoms with Gasteiger partial charge in [-0.25, -0.2) is 0 Å². The molecule has 0 amide bonds. The number of rotatable bonds is 24. The van der Waals surface area contributed by atoms with Crippen LogP contribution in [0.15, 0.2) is 23.8 Å². The quantitative estimate of drug-likeness (QED) is 0.102. The van der Waals surface area contributed by atoms with Crippen LogP contribution in [0.4, 0.5) is 0 Å². The third-order valence-electron chi connectivity index (χ3n) is 5.57. The Labute approximate surface area is 193 Å². The summed E-state index contributed by atoms with van der Waals surface area (Å²) in [5, 5.41) is 13.8. The van der Waals surface area contributed by atoms with Crippen LogP contribution in [-0.2, 0) is 0 Å². The van der Waals surface area contributed by atoms with E-state index in [1.165, 1.54) is 31.3 Å². The number of allylic oxidation sites excluding steroid dienone is 1. The summed E-state index contributed by atoms with van der Waals surface area (Å²) in [6, 6.07) is 0. The second-order valence-electron chi connectivity index (χ2n) is 8.62. The molecule has 0 heterocycles. The van der Waals surface area contributed by atoms with Gasteiger partial charge in [0.2, 0.25) is 0 Å². The van der Waals surface area contributed by atoms with Crippen LogP contribution in [0.1, 0.15) is 65.2 Å². The van der Waals surface area contributed by atoms with Crippen molar-refractivity contribution in [3.63, 3.8) is 0 Å². The van der Waals surface area contributed by atoms with Gasteiger partial charge in [-0.15, -0.1) is 6.58 Å². The lowest BCUT2D eigenvalue weighted by Crippen LogP contribution is -2.31. The van der Waals surface area contributed by atoms with E-state index in [-0.39, 0.29) is 0 Å². The van der Waals surface area contributed by atoms with Crippen molar-refractivity contribution in [2.75, 3.05) is 65.4 Å². The molecule has 0 aliphatic heterocycles. The van der Waals surface area contributed by atoms with E-state index in [4.69, 9.17) is 11.5 Å². The van der Waals surface area contributed by atoms with E-state index in [2.05, 4.69) is 47.8 Å². The van der Waals surface area contributed by atoms with Crippen molar-refractivity contribution in [2.24, 2.45) is 17.4 Å². The van der Waals surface area contributed by atoms with Crippen molar-refractivity contribution in [1.82, 2.24) is 21.3 Å². The molecule has 0 bridgehead atoms. The highest BCUT2D eigenvalue weighted by Crippen LogP contribution is 2.24. The van der Waals surface area contributed by atoms with Gasteiger partial charge in [0.15, 0.2) is 0 Å². The predicted molar refractivity (Wildman–Crippen MR) is 139 cm³/mol. The molecule has 0 aliphatic rings. The Balaban J connectivity index is 4.44. The summed E-state index contributed by atoms with van der Waals surface area (Å²) in [6.45, 7) is 18.0. The van der Waals surface area contributed by atoms with Crippen molar-refractivity contribution in [2.45, 2.75) is 65.2 Å². The molecular formula is C25H54N6. The zero-order chi connectivity index (χ0) is 23.0. The van der Waals surface area contributed by atoms with Gasteiger partial charge in [0.05, 0.1) is 0 Å². The molecule has 0 saturated carbocycles. The molecule has 8 N–H and O–H groups in total. The van der Waals surface area contributed by atoms with Gasteiger partial charge in [0.1, 0.15) is 0 Å². The Kier molecular flexibility index (Phi) is 23.3. The lowest BCUT2D eigenvalue weighted by Gasteiger charge is -2.18. The minimum Gasteiger partial charge on any atom is -0.330 e. The van der Waals surface area contributed by atoms with Gasteiger partial charge < -0.3 is 32.7 Å². The lowest BCUT2D eigenvalue weighted by molar-refractivity contribution is 0.407. The minimum atomic E-state index is 0.702. The standard InChI is InChI=1S/C25H54N6/c1-4-28-19-20-30-17-13-25(8-6-16-29-21-22-31-18-15-27)12-11-24(7-5-14-26)10-9-23(2)3/h8,24,28-31H,2,4-7,9-22,26-27H2,1,3H3/b25-8+. The van der Waals surface area contributed by atoms with E-state index in [9.17, 15) is 0 Å². The maximum atomic E-state index is 5.78. The van der Waals surface area contributed by atoms with E-state index in [0.717, 1.165) is 90.5 Å². The second-order valence-corrected chi connectivity index (χ2v) is 8.62. The Hall–Kier alpha value is -0.760. The van der Waals surface area contributed by atoms with Crippen molar-refractivity contribution in [3.05, 3.63) is 23.8 Å². The molecule has 0 aromatic heterocycles. The number of nitrogens with two attached hydrogens (primary N) is 2. The highest BCUT2D eigenvalue weighted by molar-refractivity contribution is 5.03. The fourth-order valence-electron chi connectivity index (χ4n) is 3.64. The van der Waals surface area contributed by atoms with Gasteiger partial charge in [-0.2, -0.15) is 0 Å². The largest absolute Gasteiger partial charge is 0.330 e. The minimum absolute atomic E-state index is 0.702. The first-order chi connectivity index (χ1) is 15.1. The maximum Gasteiger partial charge on any atom is 0.00772 e. The van der Waals surface area contributed by atoms with Crippen LogP contribution in [0.3, 0.4) is 0 Å². The Bertz CT molecular complexity index is 424. The van der Waals surface area contributed by atoms with Crippen LogP contribution in [0, 0.1) is 5.92 Å². The second kappa shape index (κ2) is 23.9. The summed E-state index contributed by atoms with van der Waals surface area (Å²) in [7, 11) is 0. The van der Waals surface area contributed by atoms with Gasteiger partial charge >= 0.3 is 0 Å². The molecule has 0 aliphatic carbocycles. The fourth-order valence-corrected chi connectivity index (χ4v) is 3.64. The molecule has 0 saturated heterocycles. The summed E-state index contributed by atoms with van der Waals surface area (Å²) in [5.74, 6) is 0.761. The third kappa shape index (κ3) is 22.2. The molecule has 0 rings (SSSR count). The molecule has 184 valence electrons. The van der Waals surface area contributed by atoms with Gasteiger partial charge in [-0.05, 0) is 90.4 Å². The molecular weight excluding hydrogens is 384 g/mol. The first kappa shape index (κ1) is 30.2. The Morgan fingerprint density at radius 2 is 1.42 bits per heavy atom. The van der Waals surface area contributed by atoms with Crippen molar-refractivity contribution >= 4 is 0 Å². The van der Waals surface area contributed by atoms with E-state index in [0.29, 0.717) is 6.54 Å². The van der Waals surface area contributed by atoms with Gasteiger partial charge in [0.25, 0.3) is 0 Å². The van der Waals surface area contributed by atoms with Crippen LogP contribution in [0.2, 0.25) is 0 Å². The van der Waals surface area contributed by atoms with Crippen LogP contribution in [0.25, 0.3) is 0 Å². The monoisotopic (exact) mass is 438 g/mol.